The summed E-state index contributed by atoms with van der Waals surface area (Å²) in [6.45, 7) is 5.81. The second kappa shape index (κ2) is 6.34. The van der Waals surface area contributed by atoms with Crippen LogP contribution in [0.15, 0.2) is 0 Å². The molecule has 1 aromatic rings. The lowest BCUT2D eigenvalue weighted by Gasteiger charge is -2.22. The van der Waals surface area contributed by atoms with Crippen LogP contribution < -0.4 is 15.4 Å². The molecule has 0 fully saturated rings. The number of alkyl halides is 3. The molecule has 1 unspecified atom stereocenters. The zero-order valence-electron chi connectivity index (χ0n) is 11.4. The van der Waals surface area contributed by atoms with Gasteiger partial charge in [-0.2, -0.15) is 15.0 Å². The third kappa shape index (κ3) is 5.70. The molecule has 0 aliphatic carbocycles. The summed E-state index contributed by atoms with van der Waals surface area (Å²) in [6, 6.07) is 0.0609. The standard InChI is InChI=1S/C10H16Cl3N5O2/c1-9(2,3)18-7-15-6(16-8(17-7)20-4)14-5(19)10(11,12)13/h5,19H,1-4H3,(H2,14,15,16,17,18). The van der Waals surface area contributed by atoms with E-state index in [4.69, 9.17) is 39.5 Å². The Hall–Kier alpha value is -0.760. The van der Waals surface area contributed by atoms with Crippen LogP contribution in [0.3, 0.4) is 0 Å². The Bertz CT molecular complexity index is 461. The normalized spacial score (nSPS) is 13.8. The largest absolute Gasteiger partial charge is 0.467 e. The van der Waals surface area contributed by atoms with Crippen molar-refractivity contribution in [3.8, 4) is 6.01 Å². The Balaban J connectivity index is 2.99. The number of halogens is 3. The quantitative estimate of drug-likeness (QED) is 0.569. The van der Waals surface area contributed by atoms with Crippen LogP contribution in [0.5, 0.6) is 6.01 Å². The van der Waals surface area contributed by atoms with Crippen molar-refractivity contribution in [2.45, 2.75) is 36.3 Å². The molecule has 7 nitrogen and oxygen atoms in total. The number of methoxy groups -OCH3 is 1. The van der Waals surface area contributed by atoms with Crippen LogP contribution in [0.25, 0.3) is 0 Å². The van der Waals surface area contributed by atoms with Gasteiger partial charge in [-0.3, -0.25) is 0 Å². The van der Waals surface area contributed by atoms with Gasteiger partial charge in [0.1, 0.15) is 0 Å². The molecule has 0 saturated heterocycles. The molecule has 3 N–H and O–H groups in total. The van der Waals surface area contributed by atoms with Gasteiger partial charge in [-0.05, 0) is 20.8 Å². The third-order valence-corrected chi connectivity index (χ3v) is 2.48. The molecule has 0 aliphatic rings. The van der Waals surface area contributed by atoms with E-state index in [-0.39, 0.29) is 23.4 Å². The van der Waals surface area contributed by atoms with Gasteiger partial charge in [-0.1, -0.05) is 34.8 Å². The maximum atomic E-state index is 9.66. The lowest BCUT2D eigenvalue weighted by atomic mass is 10.1. The maximum absolute atomic E-state index is 9.66. The number of nitrogens with zero attached hydrogens (tertiary/aromatic N) is 3. The second-order valence-corrected chi connectivity index (χ2v) is 7.30. The molecule has 0 aliphatic heterocycles. The van der Waals surface area contributed by atoms with E-state index in [1.165, 1.54) is 7.11 Å². The van der Waals surface area contributed by atoms with Gasteiger partial charge in [0.2, 0.25) is 15.7 Å². The highest BCUT2D eigenvalue weighted by Gasteiger charge is 2.31. The predicted octanol–water partition coefficient (Wildman–Crippen LogP) is 2.19. The van der Waals surface area contributed by atoms with Gasteiger partial charge in [0.15, 0.2) is 6.23 Å². The van der Waals surface area contributed by atoms with Crippen LogP contribution in [0.1, 0.15) is 20.8 Å². The van der Waals surface area contributed by atoms with Gasteiger partial charge >= 0.3 is 6.01 Å². The number of aromatic nitrogens is 3. The molecule has 10 heteroatoms. The Labute approximate surface area is 132 Å². The van der Waals surface area contributed by atoms with E-state index in [0.29, 0.717) is 0 Å². The number of anilines is 2. The fraction of sp³-hybridized carbons (Fsp3) is 0.700. The third-order valence-electron chi connectivity index (χ3n) is 1.86. The van der Waals surface area contributed by atoms with Crippen LogP contribution >= 0.6 is 34.8 Å². The molecule has 0 saturated carbocycles. The number of rotatable bonds is 4. The molecule has 1 rings (SSSR count). The fourth-order valence-electron chi connectivity index (χ4n) is 1.11. The summed E-state index contributed by atoms with van der Waals surface area (Å²) < 4.78 is 3.04. The molecule has 1 heterocycles. The molecule has 0 amide bonds. The van der Waals surface area contributed by atoms with E-state index in [2.05, 4.69) is 25.6 Å². The van der Waals surface area contributed by atoms with Crippen LogP contribution in [-0.2, 0) is 0 Å². The maximum Gasteiger partial charge on any atom is 0.322 e. The summed E-state index contributed by atoms with van der Waals surface area (Å²) in [7, 11) is 1.41. The van der Waals surface area contributed by atoms with Gasteiger partial charge in [0.25, 0.3) is 0 Å². The molecule has 1 aromatic heterocycles. The van der Waals surface area contributed by atoms with Crippen molar-refractivity contribution in [1.82, 2.24) is 15.0 Å². The van der Waals surface area contributed by atoms with Gasteiger partial charge in [-0.25, -0.2) is 0 Å². The van der Waals surface area contributed by atoms with Crippen molar-refractivity contribution in [2.24, 2.45) is 0 Å². The number of hydrogen-bond donors (Lipinski definition) is 3. The lowest BCUT2D eigenvalue weighted by Crippen LogP contribution is -2.34. The fourth-order valence-corrected chi connectivity index (χ4v) is 1.27. The molecule has 0 radical (unpaired) electrons. The first-order chi connectivity index (χ1) is 9.01. The van der Waals surface area contributed by atoms with E-state index >= 15 is 0 Å². The highest BCUT2D eigenvalue weighted by molar-refractivity contribution is 6.68. The average Bonchev–Trinajstić information content (AvgIpc) is 2.24. The summed E-state index contributed by atoms with van der Waals surface area (Å²) in [5.41, 5.74) is -0.266. The number of aliphatic hydroxyl groups excluding tert-OH is 1. The van der Waals surface area contributed by atoms with Crippen molar-refractivity contribution < 1.29 is 9.84 Å². The summed E-state index contributed by atoms with van der Waals surface area (Å²) in [5, 5.41) is 15.2. The van der Waals surface area contributed by atoms with Crippen molar-refractivity contribution in [2.75, 3.05) is 17.7 Å². The smallest absolute Gasteiger partial charge is 0.322 e. The zero-order valence-corrected chi connectivity index (χ0v) is 13.7. The molecular formula is C10H16Cl3N5O2. The SMILES string of the molecule is COc1nc(NC(O)C(Cl)(Cl)Cl)nc(NC(C)(C)C)n1. The van der Waals surface area contributed by atoms with E-state index in [0.717, 1.165) is 0 Å². The van der Waals surface area contributed by atoms with Crippen LogP contribution in [0, 0.1) is 0 Å². The first-order valence-electron chi connectivity index (χ1n) is 5.61. The Kier molecular flexibility index (Phi) is 5.48. The predicted molar refractivity (Wildman–Crippen MR) is 79.7 cm³/mol. The van der Waals surface area contributed by atoms with E-state index in [9.17, 15) is 5.11 Å². The number of ether oxygens (including phenoxy) is 1. The summed E-state index contributed by atoms with van der Waals surface area (Å²) >= 11 is 16.7. The molecule has 0 aromatic carbocycles. The first kappa shape index (κ1) is 17.3. The van der Waals surface area contributed by atoms with E-state index in [1.807, 2.05) is 20.8 Å². The van der Waals surface area contributed by atoms with E-state index < -0.39 is 10.0 Å². The minimum atomic E-state index is -1.92. The Morgan fingerprint density at radius 3 is 2.10 bits per heavy atom. The minimum Gasteiger partial charge on any atom is -0.467 e. The molecular weight excluding hydrogens is 329 g/mol. The average molecular weight is 345 g/mol. The molecule has 1 atom stereocenters. The van der Waals surface area contributed by atoms with Gasteiger partial charge in [0, 0.05) is 5.54 Å². The lowest BCUT2D eigenvalue weighted by molar-refractivity contribution is 0.207. The second-order valence-electron chi connectivity index (χ2n) is 4.93. The van der Waals surface area contributed by atoms with E-state index in [1.54, 1.807) is 0 Å². The summed E-state index contributed by atoms with van der Waals surface area (Å²) in [5.74, 6) is 0.283. The van der Waals surface area contributed by atoms with Crippen molar-refractivity contribution in [1.29, 1.82) is 0 Å². The minimum absolute atomic E-state index is 0.0161. The van der Waals surface area contributed by atoms with Gasteiger partial charge < -0.3 is 20.5 Å². The summed E-state index contributed by atoms with van der Waals surface area (Å²) in [4.78, 5) is 12.0. The number of nitrogens with one attached hydrogen (secondary N) is 2. The highest BCUT2D eigenvalue weighted by atomic mass is 35.6. The van der Waals surface area contributed by atoms with Gasteiger partial charge in [-0.15, -0.1) is 0 Å². The summed E-state index contributed by atoms with van der Waals surface area (Å²) in [6.07, 6.45) is -1.48. The van der Waals surface area contributed by atoms with Crippen molar-refractivity contribution >= 4 is 46.7 Å². The molecule has 0 spiro atoms. The monoisotopic (exact) mass is 343 g/mol. The Morgan fingerprint density at radius 2 is 1.65 bits per heavy atom. The van der Waals surface area contributed by atoms with Gasteiger partial charge in [0.05, 0.1) is 7.11 Å². The topological polar surface area (TPSA) is 92.2 Å². The number of hydrogen-bond acceptors (Lipinski definition) is 7. The van der Waals surface area contributed by atoms with Crippen molar-refractivity contribution in [3.05, 3.63) is 0 Å². The highest BCUT2D eigenvalue weighted by Crippen LogP contribution is 2.30. The number of aliphatic hydroxyl groups is 1. The van der Waals surface area contributed by atoms with Crippen molar-refractivity contribution in [3.63, 3.8) is 0 Å². The molecule has 114 valence electrons. The van der Waals surface area contributed by atoms with Crippen LogP contribution in [0.2, 0.25) is 0 Å². The molecule has 20 heavy (non-hydrogen) atoms. The molecule has 0 bridgehead atoms. The first-order valence-corrected chi connectivity index (χ1v) is 6.74. The van der Waals surface area contributed by atoms with Crippen LogP contribution in [-0.4, -0.2) is 42.7 Å². The van der Waals surface area contributed by atoms with Crippen LogP contribution in [0.4, 0.5) is 11.9 Å². The Morgan fingerprint density at radius 1 is 1.10 bits per heavy atom. The zero-order chi connectivity index (χ0) is 15.6.